The lowest BCUT2D eigenvalue weighted by atomic mass is 10.2. The molecule has 5 heteroatoms. The van der Waals surface area contributed by atoms with Crippen LogP contribution in [0.4, 0.5) is 5.82 Å². The summed E-state index contributed by atoms with van der Waals surface area (Å²) in [7, 11) is 0. The molecule has 1 N–H and O–H groups in total. The van der Waals surface area contributed by atoms with Crippen LogP contribution in [0.5, 0.6) is 0 Å². The second-order valence-electron chi connectivity index (χ2n) is 4.41. The van der Waals surface area contributed by atoms with Gasteiger partial charge in [-0.25, -0.2) is 9.97 Å². The SMILES string of the molecule is CCNc1cc(-c2ccc(C)nc2)nc(COCC)n1. The summed E-state index contributed by atoms with van der Waals surface area (Å²) in [5, 5.41) is 3.22. The number of anilines is 1. The maximum atomic E-state index is 5.39. The first-order valence-corrected chi connectivity index (χ1v) is 6.85. The second kappa shape index (κ2) is 6.96. The fourth-order valence-electron chi connectivity index (χ4n) is 1.79. The van der Waals surface area contributed by atoms with Gasteiger partial charge >= 0.3 is 0 Å². The summed E-state index contributed by atoms with van der Waals surface area (Å²) in [5.41, 5.74) is 2.83. The topological polar surface area (TPSA) is 59.9 Å². The first-order chi connectivity index (χ1) is 9.72. The van der Waals surface area contributed by atoms with Crippen molar-refractivity contribution < 1.29 is 4.74 Å². The molecule has 0 atom stereocenters. The van der Waals surface area contributed by atoms with Crippen LogP contribution in [0, 0.1) is 6.92 Å². The van der Waals surface area contributed by atoms with E-state index in [1.165, 1.54) is 0 Å². The Labute approximate surface area is 119 Å². The van der Waals surface area contributed by atoms with E-state index in [1.54, 1.807) is 0 Å². The highest BCUT2D eigenvalue weighted by Gasteiger charge is 2.07. The maximum absolute atomic E-state index is 5.39. The quantitative estimate of drug-likeness (QED) is 0.876. The van der Waals surface area contributed by atoms with Crippen molar-refractivity contribution in [1.82, 2.24) is 15.0 Å². The predicted molar refractivity (Wildman–Crippen MR) is 79.5 cm³/mol. The predicted octanol–water partition coefficient (Wildman–Crippen LogP) is 2.82. The van der Waals surface area contributed by atoms with Crippen LogP contribution < -0.4 is 5.32 Å². The molecule has 0 aliphatic heterocycles. The molecular weight excluding hydrogens is 252 g/mol. The zero-order valence-corrected chi connectivity index (χ0v) is 12.2. The standard InChI is InChI=1S/C15H20N4O/c1-4-16-14-8-13(12-7-6-11(3)17-9-12)18-15(19-14)10-20-5-2/h6-9H,4-5,10H2,1-3H3,(H,16,18,19). The lowest BCUT2D eigenvalue weighted by Crippen LogP contribution is -2.06. The van der Waals surface area contributed by atoms with Crippen LogP contribution >= 0.6 is 0 Å². The van der Waals surface area contributed by atoms with Crippen LogP contribution in [0.1, 0.15) is 25.4 Å². The van der Waals surface area contributed by atoms with Crippen molar-refractivity contribution in [3.63, 3.8) is 0 Å². The Morgan fingerprint density at radius 2 is 2.05 bits per heavy atom. The van der Waals surface area contributed by atoms with Gasteiger partial charge in [0, 0.05) is 36.7 Å². The molecular formula is C15H20N4O. The Morgan fingerprint density at radius 1 is 1.20 bits per heavy atom. The van der Waals surface area contributed by atoms with Crippen molar-refractivity contribution >= 4 is 5.82 Å². The van der Waals surface area contributed by atoms with Crippen molar-refractivity contribution in [2.24, 2.45) is 0 Å². The van der Waals surface area contributed by atoms with Gasteiger partial charge in [-0.05, 0) is 32.9 Å². The number of aryl methyl sites for hydroxylation is 1. The minimum atomic E-state index is 0.419. The average Bonchev–Trinajstić information content (AvgIpc) is 2.46. The van der Waals surface area contributed by atoms with Crippen LogP contribution in [0.25, 0.3) is 11.3 Å². The molecule has 0 saturated heterocycles. The Kier molecular flexibility index (Phi) is 5.01. The largest absolute Gasteiger partial charge is 0.374 e. The number of rotatable bonds is 6. The fourth-order valence-corrected chi connectivity index (χ4v) is 1.79. The number of hydrogen-bond donors (Lipinski definition) is 1. The van der Waals surface area contributed by atoms with Gasteiger partial charge in [0.2, 0.25) is 0 Å². The molecule has 2 rings (SSSR count). The van der Waals surface area contributed by atoms with Gasteiger partial charge in [0.05, 0.1) is 5.69 Å². The smallest absolute Gasteiger partial charge is 0.157 e. The summed E-state index contributed by atoms with van der Waals surface area (Å²) >= 11 is 0. The van der Waals surface area contributed by atoms with E-state index in [1.807, 2.05) is 45.2 Å². The van der Waals surface area contributed by atoms with Crippen molar-refractivity contribution in [3.8, 4) is 11.3 Å². The van der Waals surface area contributed by atoms with Gasteiger partial charge < -0.3 is 10.1 Å². The van der Waals surface area contributed by atoms with Crippen molar-refractivity contribution in [2.75, 3.05) is 18.5 Å². The number of ether oxygens (including phenoxy) is 1. The highest BCUT2D eigenvalue weighted by atomic mass is 16.5. The molecule has 0 bridgehead atoms. The Morgan fingerprint density at radius 3 is 2.70 bits per heavy atom. The number of hydrogen-bond acceptors (Lipinski definition) is 5. The molecule has 20 heavy (non-hydrogen) atoms. The Hall–Kier alpha value is -2.01. The highest BCUT2D eigenvalue weighted by molar-refractivity contribution is 5.61. The number of aromatic nitrogens is 3. The van der Waals surface area contributed by atoms with E-state index >= 15 is 0 Å². The van der Waals surface area contributed by atoms with Gasteiger partial charge in [-0.1, -0.05) is 0 Å². The third kappa shape index (κ3) is 3.74. The summed E-state index contributed by atoms with van der Waals surface area (Å²) < 4.78 is 5.39. The van der Waals surface area contributed by atoms with Crippen molar-refractivity contribution in [1.29, 1.82) is 0 Å². The van der Waals surface area contributed by atoms with Gasteiger partial charge in [-0.2, -0.15) is 0 Å². The van der Waals surface area contributed by atoms with Crippen LogP contribution in [0.2, 0.25) is 0 Å². The van der Waals surface area contributed by atoms with E-state index < -0.39 is 0 Å². The number of nitrogens with zero attached hydrogens (tertiary/aromatic N) is 3. The van der Waals surface area contributed by atoms with Gasteiger partial charge in [0.15, 0.2) is 5.82 Å². The van der Waals surface area contributed by atoms with Gasteiger partial charge in [0.25, 0.3) is 0 Å². The van der Waals surface area contributed by atoms with E-state index in [-0.39, 0.29) is 0 Å². The molecule has 0 amide bonds. The fraction of sp³-hybridized carbons (Fsp3) is 0.400. The van der Waals surface area contributed by atoms with Crippen molar-refractivity contribution in [2.45, 2.75) is 27.4 Å². The molecule has 0 aliphatic rings. The molecule has 0 aliphatic carbocycles. The lowest BCUT2D eigenvalue weighted by Gasteiger charge is -2.09. The molecule has 0 unspecified atom stereocenters. The van der Waals surface area contributed by atoms with Crippen LogP contribution in [0.15, 0.2) is 24.4 Å². The van der Waals surface area contributed by atoms with Gasteiger partial charge in [-0.3, -0.25) is 4.98 Å². The van der Waals surface area contributed by atoms with Crippen LogP contribution in [-0.2, 0) is 11.3 Å². The molecule has 0 aromatic carbocycles. The summed E-state index contributed by atoms with van der Waals surface area (Å²) in [6, 6.07) is 5.93. The Balaban J connectivity index is 2.34. The summed E-state index contributed by atoms with van der Waals surface area (Å²) in [5.74, 6) is 1.49. The minimum absolute atomic E-state index is 0.419. The molecule has 2 heterocycles. The third-order valence-corrected chi connectivity index (χ3v) is 2.77. The van der Waals surface area contributed by atoms with E-state index in [2.05, 4.69) is 20.3 Å². The molecule has 0 fully saturated rings. The molecule has 2 aromatic rings. The summed E-state index contributed by atoms with van der Waals surface area (Å²) in [6.07, 6.45) is 1.83. The van der Waals surface area contributed by atoms with E-state index in [0.29, 0.717) is 19.0 Å². The molecule has 0 saturated carbocycles. The zero-order chi connectivity index (χ0) is 14.4. The van der Waals surface area contributed by atoms with Crippen LogP contribution in [-0.4, -0.2) is 28.1 Å². The average molecular weight is 272 g/mol. The molecule has 2 aromatic heterocycles. The normalized spacial score (nSPS) is 10.6. The monoisotopic (exact) mass is 272 g/mol. The maximum Gasteiger partial charge on any atom is 0.157 e. The number of nitrogens with one attached hydrogen (secondary N) is 1. The summed E-state index contributed by atoms with van der Waals surface area (Å²) in [6.45, 7) is 7.85. The zero-order valence-electron chi connectivity index (χ0n) is 12.2. The lowest BCUT2D eigenvalue weighted by molar-refractivity contribution is 0.128. The molecule has 0 radical (unpaired) electrons. The van der Waals surface area contributed by atoms with Gasteiger partial charge in [-0.15, -0.1) is 0 Å². The summed E-state index contributed by atoms with van der Waals surface area (Å²) in [4.78, 5) is 13.3. The van der Waals surface area contributed by atoms with Crippen molar-refractivity contribution in [3.05, 3.63) is 35.9 Å². The minimum Gasteiger partial charge on any atom is -0.374 e. The number of pyridine rings is 1. The first-order valence-electron chi connectivity index (χ1n) is 6.85. The molecule has 5 nitrogen and oxygen atoms in total. The third-order valence-electron chi connectivity index (χ3n) is 2.77. The van der Waals surface area contributed by atoms with E-state index in [4.69, 9.17) is 4.74 Å². The molecule has 106 valence electrons. The Bertz CT molecular complexity index is 554. The first kappa shape index (κ1) is 14.4. The second-order valence-corrected chi connectivity index (χ2v) is 4.41. The van der Waals surface area contributed by atoms with E-state index in [0.717, 1.165) is 29.3 Å². The van der Waals surface area contributed by atoms with Gasteiger partial charge in [0.1, 0.15) is 12.4 Å². The molecule has 0 spiro atoms. The highest BCUT2D eigenvalue weighted by Crippen LogP contribution is 2.19. The van der Waals surface area contributed by atoms with Crippen LogP contribution in [0.3, 0.4) is 0 Å². The van der Waals surface area contributed by atoms with E-state index in [9.17, 15) is 0 Å².